The SMILES string of the molecule is Cc1cc(C)c([Si](C)(Cl)c2c(C)cc(C)cc2C)c(C)c1. The highest BCUT2D eigenvalue weighted by Gasteiger charge is 2.35. The summed E-state index contributed by atoms with van der Waals surface area (Å²) >= 11 is 7.25. The molecule has 0 saturated heterocycles. The van der Waals surface area contributed by atoms with E-state index in [1.54, 1.807) is 0 Å². The van der Waals surface area contributed by atoms with Crippen LogP contribution in [0.1, 0.15) is 33.4 Å². The molecule has 2 rings (SSSR count). The number of hydrogen-bond acceptors (Lipinski definition) is 0. The lowest BCUT2D eigenvalue weighted by Gasteiger charge is -2.29. The summed E-state index contributed by atoms with van der Waals surface area (Å²) in [6, 6.07) is 9.04. The molecule has 0 aromatic heterocycles. The van der Waals surface area contributed by atoms with E-state index in [9.17, 15) is 0 Å². The molecule has 0 radical (unpaired) electrons. The zero-order chi connectivity index (χ0) is 15.9. The van der Waals surface area contributed by atoms with Crippen LogP contribution in [0.25, 0.3) is 0 Å². The number of halogens is 1. The van der Waals surface area contributed by atoms with Gasteiger partial charge in [0.05, 0.1) is 0 Å². The minimum atomic E-state index is -2.21. The largest absolute Gasteiger partial charge is 0.215 e. The maximum atomic E-state index is 7.25. The van der Waals surface area contributed by atoms with Gasteiger partial charge in [0.25, 0.3) is 0 Å². The van der Waals surface area contributed by atoms with E-state index in [4.69, 9.17) is 11.1 Å². The third-order valence-corrected chi connectivity index (χ3v) is 8.88. The van der Waals surface area contributed by atoms with Gasteiger partial charge in [-0.15, -0.1) is 0 Å². The fourth-order valence-electron chi connectivity index (χ4n) is 3.97. The van der Waals surface area contributed by atoms with Crippen molar-refractivity contribution in [3.8, 4) is 0 Å². The van der Waals surface area contributed by atoms with E-state index in [2.05, 4.69) is 72.4 Å². The molecular weight excluding hydrogens is 292 g/mol. The summed E-state index contributed by atoms with van der Waals surface area (Å²) in [6.07, 6.45) is 0. The molecule has 0 bridgehead atoms. The summed E-state index contributed by atoms with van der Waals surface area (Å²) in [5.41, 5.74) is 7.94. The Morgan fingerprint density at radius 2 is 0.857 bits per heavy atom. The average molecular weight is 317 g/mol. The van der Waals surface area contributed by atoms with Crippen LogP contribution in [0, 0.1) is 41.5 Å². The molecule has 2 aromatic carbocycles. The Morgan fingerprint density at radius 1 is 0.619 bits per heavy atom. The van der Waals surface area contributed by atoms with E-state index in [1.165, 1.54) is 43.8 Å². The molecular formula is C19H25ClSi. The highest BCUT2D eigenvalue weighted by molar-refractivity contribution is 7.34. The van der Waals surface area contributed by atoms with Crippen LogP contribution in [0.4, 0.5) is 0 Å². The number of hydrogen-bond donors (Lipinski definition) is 0. The van der Waals surface area contributed by atoms with Crippen molar-refractivity contribution in [1.29, 1.82) is 0 Å². The van der Waals surface area contributed by atoms with E-state index in [1.807, 2.05) is 0 Å². The Morgan fingerprint density at radius 3 is 1.10 bits per heavy atom. The first-order valence-electron chi connectivity index (χ1n) is 7.50. The maximum absolute atomic E-state index is 7.25. The lowest BCUT2D eigenvalue weighted by atomic mass is 10.1. The van der Waals surface area contributed by atoms with Gasteiger partial charge < -0.3 is 0 Å². The Kier molecular flexibility index (Phi) is 4.37. The minimum absolute atomic E-state index is 1.31. The summed E-state index contributed by atoms with van der Waals surface area (Å²) in [7, 11) is -2.21. The predicted molar refractivity (Wildman–Crippen MR) is 98.0 cm³/mol. The first-order chi connectivity index (χ1) is 9.64. The molecule has 0 amide bonds. The normalized spacial score (nSPS) is 11.8. The smallest absolute Gasteiger partial charge is 0.155 e. The predicted octanol–water partition coefficient (Wildman–Crippen LogP) is 4.47. The van der Waals surface area contributed by atoms with E-state index >= 15 is 0 Å². The van der Waals surface area contributed by atoms with Crippen LogP contribution in [0.15, 0.2) is 24.3 Å². The van der Waals surface area contributed by atoms with Crippen molar-refractivity contribution in [1.82, 2.24) is 0 Å². The average Bonchev–Trinajstić information content (AvgIpc) is 2.23. The van der Waals surface area contributed by atoms with Gasteiger partial charge in [-0.2, -0.15) is 11.1 Å². The van der Waals surface area contributed by atoms with Gasteiger partial charge >= 0.3 is 0 Å². The van der Waals surface area contributed by atoms with Crippen molar-refractivity contribution >= 4 is 28.8 Å². The van der Waals surface area contributed by atoms with Crippen LogP contribution in [-0.4, -0.2) is 7.38 Å². The quantitative estimate of drug-likeness (QED) is 0.566. The first kappa shape index (κ1) is 16.3. The van der Waals surface area contributed by atoms with Crippen molar-refractivity contribution in [3.05, 3.63) is 57.6 Å². The molecule has 0 fully saturated rings. The highest BCUT2D eigenvalue weighted by Crippen LogP contribution is 2.21. The Bertz CT molecular complexity index is 593. The molecule has 0 atom stereocenters. The molecule has 0 unspecified atom stereocenters. The first-order valence-corrected chi connectivity index (χ1v) is 11.0. The Balaban J connectivity index is 2.74. The van der Waals surface area contributed by atoms with Crippen LogP contribution in [0.5, 0.6) is 0 Å². The van der Waals surface area contributed by atoms with Gasteiger partial charge in [-0.1, -0.05) is 35.4 Å². The lowest BCUT2D eigenvalue weighted by Crippen LogP contribution is -2.55. The number of benzene rings is 2. The standard InChI is InChI=1S/C19H25ClSi/c1-12-8-14(3)18(15(4)9-12)21(7,20)19-16(5)10-13(2)11-17(19)6/h8-11H,1-7H3. The molecule has 0 N–H and O–H groups in total. The second kappa shape index (κ2) is 5.62. The van der Waals surface area contributed by atoms with Gasteiger partial charge in [0.2, 0.25) is 7.38 Å². The van der Waals surface area contributed by atoms with E-state index < -0.39 is 7.38 Å². The zero-order valence-electron chi connectivity index (χ0n) is 14.2. The fraction of sp³-hybridized carbons (Fsp3) is 0.368. The second-order valence-electron chi connectivity index (χ2n) is 6.55. The molecule has 0 spiro atoms. The zero-order valence-corrected chi connectivity index (χ0v) is 15.9. The number of aryl methyl sites for hydroxylation is 6. The van der Waals surface area contributed by atoms with E-state index in [0.29, 0.717) is 0 Å². The van der Waals surface area contributed by atoms with Crippen molar-refractivity contribution in [2.24, 2.45) is 0 Å². The Labute approximate surface area is 134 Å². The monoisotopic (exact) mass is 316 g/mol. The van der Waals surface area contributed by atoms with Crippen LogP contribution >= 0.6 is 11.1 Å². The third-order valence-electron chi connectivity index (χ3n) is 4.29. The summed E-state index contributed by atoms with van der Waals surface area (Å²) in [5.74, 6) is 0. The highest BCUT2D eigenvalue weighted by atomic mass is 35.6. The molecule has 0 aliphatic rings. The Hall–Kier alpha value is -1.05. The third kappa shape index (κ3) is 2.95. The van der Waals surface area contributed by atoms with Crippen LogP contribution in [0.3, 0.4) is 0 Å². The second-order valence-corrected chi connectivity index (χ2v) is 11.8. The molecule has 21 heavy (non-hydrogen) atoms. The minimum Gasteiger partial charge on any atom is -0.155 e. The molecule has 112 valence electrons. The van der Waals surface area contributed by atoms with Crippen molar-refractivity contribution in [2.75, 3.05) is 0 Å². The van der Waals surface area contributed by atoms with Gasteiger partial charge in [0, 0.05) is 0 Å². The van der Waals surface area contributed by atoms with E-state index in [-0.39, 0.29) is 0 Å². The van der Waals surface area contributed by atoms with Gasteiger partial charge in [-0.3, -0.25) is 0 Å². The summed E-state index contributed by atoms with van der Waals surface area (Å²) in [6.45, 7) is 15.4. The van der Waals surface area contributed by atoms with Gasteiger partial charge in [-0.05, 0) is 80.7 Å². The van der Waals surface area contributed by atoms with Gasteiger partial charge in [0.15, 0.2) is 0 Å². The molecule has 0 aliphatic heterocycles. The van der Waals surface area contributed by atoms with Crippen molar-refractivity contribution in [2.45, 2.75) is 48.1 Å². The summed E-state index contributed by atoms with van der Waals surface area (Å²) in [4.78, 5) is 0. The van der Waals surface area contributed by atoms with Crippen LogP contribution in [-0.2, 0) is 0 Å². The molecule has 0 heterocycles. The van der Waals surface area contributed by atoms with Gasteiger partial charge in [0.1, 0.15) is 0 Å². The van der Waals surface area contributed by atoms with Crippen LogP contribution < -0.4 is 10.4 Å². The molecule has 2 heteroatoms. The summed E-state index contributed by atoms with van der Waals surface area (Å²) in [5, 5.41) is 2.76. The van der Waals surface area contributed by atoms with E-state index in [0.717, 1.165) is 0 Å². The fourth-order valence-corrected chi connectivity index (χ4v) is 9.26. The van der Waals surface area contributed by atoms with Crippen LogP contribution in [0.2, 0.25) is 6.55 Å². The maximum Gasteiger partial charge on any atom is 0.215 e. The number of rotatable bonds is 2. The topological polar surface area (TPSA) is 0 Å². The van der Waals surface area contributed by atoms with Crippen molar-refractivity contribution in [3.63, 3.8) is 0 Å². The lowest BCUT2D eigenvalue weighted by molar-refractivity contribution is 1.33. The summed E-state index contributed by atoms with van der Waals surface area (Å²) < 4.78 is 0. The molecule has 0 nitrogen and oxygen atoms in total. The molecule has 2 aromatic rings. The van der Waals surface area contributed by atoms with Crippen molar-refractivity contribution < 1.29 is 0 Å². The molecule has 0 aliphatic carbocycles. The van der Waals surface area contributed by atoms with Gasteiger partial charge in [-0.25, -0.2) is 0 Å². The molecule has 0 saturated carbocycles.